The Bertz CT molecular complexity index is 1330. The van der Waals surface area contributed by atoms with Crippen molar-refractivity contribution in [3.05, 3.63) is 24.3 Å². The van der Waals surface area contributed by atoms with Gasteiger partial charge < -0.3 is 20.3 Å². The first-order valence-electron chi connectivity index (χ1n) is 39.1. The maximum Gasteiger partial charge on any atom is 0.305 e. The highest BCUT2D eigenvalue weighted by atomic mass is 16.5. The zero-order valence-electron chi connectivity index (χ0n) is 57.9. The summed E-state index contributed by atoms with van der Waals surface area (Å²) in [5, 5.41) is 23.2. The molecule has 0 saturated heterocycles. The molecule has 0 spiro atoms. The van der Waals surface area contributed by atoms with Crippen LogP contribution in [0.4, 0.5) is 0 Å². The third kappa shape index (κ3) is 71.3. The van der Waals surface area contributed by atoms with E-state index < -0.39 is 12.1 Å². The lowest BCUT2D eigenvalue weighted by molar-refractivity contribution is -0.143. The van der Waals surface area contributed by atoms with Crippen molar-refractivity contribution in [2.45, 2.75) is 456 Å². The predicted octanol–water partition coefficient (Wildman–Crippen LogP) is 25.7. The van der Waals surface area contributed by atoms with Gasteiger partial charge in [-0.15, -0.1) is 0 Å². The third-order valence-corrected chi connectivity index (χ3v) is 18.5. The van der Waals surface area contributed by atoms with Crippen molar-refractivity contribution in [1.29, 1.82) is 0 Å². The number of esters is 1. The molecule has 0 aliphatic rings. The number of rotatable bonds is 74. The van der Waals surface area contributed by atoms with E-state index in [1.54, 1.807) is 0 Å². The summed E-state index contributed by atoms with van der Waals surface area (Å²) >= 11 is 0. The van der Waals surface area contributed by atoms with Crippen molar-refractivity contribution in [1.82, 2.24) is 5.32 Å². The van der Waals surface area contributed by atoms with Gasteiger partial charge in [0.15, 0.2) is 0 Å². The molecule has 0 radical (unpaired) electrons. The summed E-state index contributed by atoms with van der Waals surface area (Å²) in [5.74, 6) is -0.00714. The number of aliphatic hydroxyl groups excluding tert-OH is 2. The van der Waals surface area contributed by atoms with Crippen LogP contribution in [-0.2, 0) is 14.3 Å². The lowest BCUT2D eigenvalue weighted by atomic mass is 10.0. The Morgan fingerprint density at radius 2 is 0.553 bits per heavy atom. The number of carbonyl (C=O) groups is 2. The lowest BCUT2D eigenvalue weighted by Crippen LogP contribution is -2.45. The van der Waals surface area contributed by atoms with E-state index in [0.29, 0.717) is 25.9 Å². The maximum atomic E-state index is 12.5. The van der Waals surface area contributed by atoms with Crippen LogP contribution in [-0.4, -0.2) is 47.4 Å². The summed E-state index contributed by atoms with van der Waals surface area (Å²) in [6, 6.07) is -0.536. The van der Waals surface area contributed by atoms with E-state index in [4.69, 9.17) is 4.74 Å². The molecule has 0 saturated carbocycles. The second-order valence-corrected chi connectivity index (χ2v) is 27.0. The molecule has 0 aromatic rings. The van der Waals surface area contributed by atoms with Crippen molar-refractivity contribution in [3.8, 4) is 0 Å². The Balaban J connectivity index is 3.28. The fraction of sp³-hybridized carbons (Fsp3) is 0.924. The van der Waals surface area contributed by atoms with Crippen molar-refractivity contribution >= 4 is 11.9 Å². The Morgan fingerprint density at radius 3 is 0.835 bits per heavy atom. The molecule has 85 heavy (non-hydrogen) atoms. The van der Waals surface area contributed by atoms with Gasteiger partial charge in [0, 0.05) is 12.8 Å². The minimum atomic E-state index is -0.659. The Kier molecular flexibility index (Phi) is 73.3. The highest BCUT2D eigenvalue weighted by Crippen LogP contribution is 2.20. The standard InChI is InChI=1S/C79H153NO5/c1-3-5-7-9-11-13-15-16-17-18-40-44-47-50-53-57-61-65-69-73-79(84)85-74-70-66-62-58-54-51-48-45-42-39-37-35-33-31-29-27-25-23-21-19-20-22-24-26-28-30-32-34-36-38-41-43-46-49-52-56-60-64-68-72-78(83)80-76(75-81)77(82)71-67-63-59-55-14-12-10-8-6-4-2/h16-17,19-20,76-77,81-82H,3-15,18,21-75H2,1-2H3,(H,80,83)/b17-16-,20-19-. The second-order valence-electron chi connectivity index (χ2n) is 27.0. The molecule has 2 unspecified atom stereocenters. The number of carbonyl (C=O) groups excluding carboxylic acids is 2. The van der Waals surface area contributed by atoms with Crippen molar-refractivity contribution in [2.24, 2.45) is 0 Å². The van der Waals surface area contributed by atoms with Gasteiger partial charge in [0.25, 0.3) is 0 Å². The lowest BCUT2D eigenvalue weighted by Gasteiger charge is -2.22. The molecule has 6 heteroatoms. The van der Waals surface area contributed by atoms with Gasteiger partial charge in [-0.3, -0.25) is 9.59 Å². The van der Waals surface area contributed by atoms with E-state index in [1.165, 1.54) is 372 Å². The maximum absolute atomic E-state index is 12.5. The Labute approximate surface area is 532 Å². The van der Waals surface area contributed by atoms with Gasteiger partial charge in [-0.25, -0.2) is 0 Å². The molecule has 504 valence electrons. The summed E-state index contributed by atoms with van der Waals surface area (Å²) < 4.78 is 5.52. The molecule has 2 atom stereocenters. The Hall–Kier alpha value is -1.66. The average molecular weight is 1200 g/mol. The summed E-state index contributed by atoms with van der Waals surface area (Å²) in [7, 11) is 0. The van der Waals surface area contributed by atoms with Gasteiger partial charge in [-0.2, -0.15) is 0 Å². The Morgan fingerprint density at radius 1 is 0.318 bits per heavy atom. The summed E-state index contributed by atoms with van der Waals surface area (Å²) in [6.07, 6.45) is 95.8. The molecular formula is C79H153NO5. The first kappa shape index (κ1) is 83.3. The molecule has 0 aromatic carbocycles. The minimum Gasteiger partial charge on any atom is -0.466 e. The second kappa shape index (κ2) is 74.8. The molecule has 6 nitrogen and oxygen atoms in total. The van der Waals surface area contributed by atoms with Crippen LogP contribution in [0.2, 0.25) is 0 Å². The van der Waals surface area contributed by atoms with Crippen LogP contribution in [0.5, 0.6) is 0 Å². The molecule has 0 aliphatic carbocycles. The van der Waals surface area contributed by atoms with E-state index in [2.05, 4.69) is 43.5 Å². The highest BCUT2D eigenvalue weighted by Gasteiger charge is 2.20. The molecular weight excluding hydrogens is 1040 g/mol. The molecule has 1 amide bonds. The molecule has 0 heterocycles. The molecule has 0 bridgehead atoms. The largest absolute Gasteiger partial charge is 0.466 e. The van der Waals surface area contributed by atoms with Crippen LogP contribution in [0.1, 0.15) is 444 Å². The van der Waals surface area contributed by atoms with Crippen molar-refractivity contribution < 1.29 is 24.5 Å². The van der Waals surface area contributed by atoms with Gasteiger partial charge in [-0.1, -0.05) is 378 Å². The van der Waals surface area contributed by atoms with Gasteiger partial charge in [0.1, 0.15) is 0 Å². The van der Waals surface area contributed by atoms with Crippen molar-refractivity contribution in [3.63, 3.8) is 0 Å². The monoisotopic (exact) mass is 1200 g/mol. The van der Waals surface area contributed by atoms with Crippen molar-refractivity contribution in [2.75, 3.05) is 13.2 Å². The zero-order valence-corrected chi connectivity index (χ0v) is 57.9. The van der Waals surface area contributed by atoms with Crippen LogP contribution < -0.4 is 5.32 Å². The van der Waals surface area contributed by atoms with Gasteiger partial charge in [-0.05, 0) is 77.0 Å². The summed E-state index contributed by atoms with van der Waals surface area (Å²) in [4.78, 5) is 24.6. The molecule has 0 aromatic heterocycles. The normalized spacial score (nSPS) is 12.6. The summed E-state index contributed by atoms with van der Waals surface area (Å²) in [6.45, 7) is 4.97. The third-order valence-electron chi connectivity index (χ3n) is 18.5. The zero-order chi connectivity index (χ0) is 61.3. The number of nitrogens with one attached hydrogen (secondary N) is 1. The number of hydrogen-bond acceptors (Lipinski definition) is 5. The van der Waals surface area contributed by atoms with Gasteiger partial charge >= 0.3 is 5.97 Å². The predicted molar refractivity (Wildman–Crippen MR) is 375 cm³/mol. The molecule has 0 fully saturated rings. The molecule has 3 N–H and O–H groups in total. The molecule has 0 rings (SSSR count). The fourth-order valence-electron chi connectivity index (χ4n) is 12.5. The summed E-state index contributed by atoms with van der Waals surface area (Å²) in [5.41, 5.74) is 0. The number of amides is 1. The van der Waals surface area contributed by atoms with Crippen LogP contribution in [0.25, 0.3) is 0 Å². The highest BCUT2D eigenvalue weighted by molar-refractivity contribution is 5.76. The van der Waals surface area contributed by atoms with Gasteiger partial charge in [0.05, 0.1) is 25.4 Å². The quantitative estimate of drug-likeness (QED) is 0.0320. The first-order valence-corrected chi connectivity index (χ1v) is 39.1. The van der Waals surface area contributed by atoms with Crippen LogP contribution in [0.15, 0.2) is 24.3 Å². The number of ether oxygens (including phenoxy) is 1. The van der Waals surface area contributed by atoms with Gasteiger partial charge in [0.2, 0.25) is 5.91 Å². The van der Waals surface area contributed by atoms with Crippen LogP contribution in [0, 0.1) is 0 Å². The van der Waals surface area contributed by atoms with E-state index in [1.807, 2.05) is 0 Å². The van der Waals surface area contributed by atoms with E-state index in [-0.39, 0.29) is 18.5 Å². The average Bonchev–Trinajstić information content (AvgIpc) is 3.51. The topological polar surface area (TPSA) is 95.9 Å². The molecule has 0 aliphatic heterocycles. The van der Waals surface area contributed by atoms with E-state index >= 15 is 0 Å². The number of unbranched alkanes of at least 4 members (excludes halogenated alkanes) is 59. The number of allylic oxidation sites excluding steroid dienone is 4. The first-order chi connectivity index (χ1) is 42.0. The minimum absolute atomic E-state index is 0.0229. The number of aliphatic hydroxyl groups is 2. The van der Waals surface area contributed by atoms with E-state index in [9.17, 15) is 19.8 Å². The van der Waals surface area contributed by atoms with Crippen LogP contribution >= 0.6 is 0 Å². The SMILES string of the molecule is CCCCCCCC/C=C\CCCCCCCCCCCC(=O)OCCCCCCCCCCCCCCCCCCCC/C=C\CCCCCCCCCCCCCCCCCCCC(=O)NC(CO)C(O)CCCCCCCCCCCC. The fourth-order valence-corrected chi connectivity index (χ4v) is 12.5. The van der Waals surface area contributed by atoms with E-state index in [0.717, 1.165) is 38.5 Å². The smallest absolute Gasteiger partial charge is 0.305 e. The number of hydrogen-bond donors (Lipinski definition) is 3. The van der Waals surface area contributed by atoms with Crippen LogP contribution in [0.3, 0.4) is 0 Å².